The van der Waals surface area contributed by atoms with Gasteiger partial charge in [0.05, 0.1) is 6.61 Å². The molecule has 0 spiro atoms. The van der Waals surface area contributed by atoms with Crippen molar-refractivity contribution in [1.29, 1.82) is 0 Å². The summed E-state index contributed by atoms with van der Waals surface area (Å²) in [6.07, 6.45) is -6.03. The first-order chi connectivity index (χ1) is 16.4. The Morgan fingerprint density at radius 3 is 1.74 bits per heavy atom. The van der Waals surface area contributed by atoms with Crippen molar-refractivity contribution < 1.29 is 30.6 Å². The zero-order valence-electron chi connectivity index (χ0n) is 21.6. The predicted molar refractivity (Wildman–Crippen MR) is 137 cm³/mol. The third kappa shape index (κ3) is 6.90. The van der Waals surface area contributed by atoms with Crippen molar-refractivity contribution in [2.24, 2.45) is 0 Å². The Labute approximate surface area is 208 Å². The number of rotatable bonds is 10. The van der Waals surface area contributed by atoms with Crippen molar-refractivity contribution in [1.82, 2.24) is 0 Å². The minimum absolute atomic E-state index is 0.283. The first-order valence-electron chi connectivity index (χ1n) is 12.0. The molecule has 2 aromatic rings. The van der Waals surface area contributed by atoms with Crippen LogP contribution in [0.2, 0.25) is 0 Å². The van der Waals surface area contributed by atoms with E-state index in [2.05, 4.69) is 31.7 Å². The zero-order chi connectivity index (χ0) is 26.4. The Hall–Kier alpha value is -2.28. The maximum atomic E-state index is 11.0. The number of aryl methyl sites for hydroxylation is 4. The molecule has 1 unspecified atom stereocenters. The van der Waals surface area contributed by atoms with E-state index in [0.717, 1.165) is 33.4 Å². The van der Waals surface area contributed by atoms with Crippen molar-refractivity contribution in [2.75, 3.05) is 6.61 Å². The minimum Gasteiger partial charge on any atom is -0.394 e. The van der Waals surface area contributed by atoms with Gasteiger partial charge in [-0.3, -0.25) is 0 Å². The van der Waals surface area contributed by atoms with Crippen LogP contribution in [0.4, 0.5) is 0 Å². The van der Waals surface area contributed by atoms with Crippen LogP contribution in [0.1, 0.15) is 44.5 Å². The lowest BCUT2D eigenvalue weighted by Crippen LogP contribution is -2.50. The Bertz CT molecular complexity index is 1080. The van der Waals surface area contributed by atoms with Crippen molar-refractivity contribution in [3.05, 3.63) is 86.2 Å². The number of aliphatic hydroxyl groups excluding tert-OH is 6. The van der Waals surface area contributed by atoms with Crippen LogP contribution < -0.4 is 0 Å². The average Bonchev–Trinajstić information content (AvgIpc) is 2.84. The molecule has 5 atom stereocenters. The van der Waals surface area contributed by atoms with Crippen LogP contribution in [0.5, 0.6) is 0 Å². The van der Waals surface area contributed by atoms with Crippen LogP contribution >= 0.6 is 0 Å². The summed E-state index contributed by atoms with van der Waals surface area (Å²) in [6, 6.07) is 8.17. The van der Waals surface area contributed by atoms with Crippen molar-refractivity contribution in [2.45, 2.75) is 84.9 Å². The molecule has 6 N–H and O–H groups in total. The summed E-state index contributed by atoms with van der Waals surface area (Å²) in [7, 11) is 0. The van der Waals surface area contributed by atoms with Gasteiger partial charge < -0.3 is 30.6 Å². The summed E-state index contributed by atoms with van der Waals surface area (Å²) in [5.41, 5.74) is 12.4. The van der Waals surface area contributed by atoms with E-state index in [1.807, 2.05) is 45.9 Å². The molecule has 0 fully saturated rings. The SMILES string of the molecule is Cc1ccc(C)c(CC=C=C(Cc2c(C)ccc(C)c2C)C(O)[C@@H](O)[C@@H](O)[C@H](O)[C@@H](O)CO)c1C. The van der Waals surface area contributed by atoms with Crippen LogP contribution in [0, 0.1) is 41.5 Å². The van der Waals surface area contributed by atoms with Gasteiger partial charge in [0, 0.05) is 12.0 Å². The Morgan fingerprint density at radius 2 is 1.20 bits per heavy atom. The zero-order valence-corrected chi connectivity index (χ0v) is 21.6. The summed E-state index contributed by atoms with van der Waals surface area (Å²) in [6.45, 7) is 11.4. The summed E-state index contributed by atoms with van der Waals surface area (Å²) in [4.78, 5) is 0. The topological polar surface area (TPSA) is 121 Å². The molecule has 2 rings (SSSR count). The average molecular weight is 485 g/mol. The molecule has 6 nitrogen and oxygen atoms in total. The van der Waals surface area contributed by atoms with Gasteiger partial charge in [-0.05, 0) is 98.5 Å². The fourth-order valence-corrected chi connectivity index (χ4v) is 4.25. The van der Waals surface area contributed by atoms with Gasteiger partial charge in [0.1, 0.15) is 30.5 Å². The monoisotopic (exact) mass is 484 g/mol. The maximum Gasteiger partial charge on any atom is 0.113 e. The molecule has 0 heterocycles. The fraction of sp³-hybridized carbons (Fsp3) is 0.483. The van der Waals surface area contributed by atoms with Gasteiger partial charge in [-0.2, -0.15) is 0 Å². The second-order valence-electron chi connectivity index (χ2n) is 9.53. The van der Waals surface area contributed by atoms with E-state index in [1.54, 1.807) is 0 Å². The Kier molecular flexibility index (Phi) is 10.4. The molecule has 2 aromatic carbocycles. The normalized spacial score (nSPS) is 15.7. The first kappa shape index (κ1) is 29.0. The van der Waals surface area contributed by atoms with E-state index in [1.165, 1.54) is 11.1 Å². The van der Waals surface area contributed by atoms with Crippen LogP contribution in [0.15, 0.2) is 41.6 Å². The van der Waals surface area contributed by atoms with E-state index in [0.29, 0.717) is 12.0 Å². The molecule has 0 saturated heterocycles. The molecule has 192 valence electrons. The summed E-state index contributed by atoms with van der Waals surface area (Å²) < 4.78 is 0. The lowest BCUT2D eigenvalue weighted by atomic mass is 9.88. The van der Waals surface area contributed by atoms with E-state index < -0.39 is 37.1 Å². The standard InChI is InChI=1S/C29H40O6/c1-16-10-12-18(3)23(20(16)5)9-7-8-22(14-24-19(4)13-11-17(2)21(24)6)26(32)28(34)29(35)27(33)25(31)15-30/h7,10-13,25-35H,9,14-15H2,1-6H3/t8?,25-,26?,27+,28+,29-/m0/s1. The third-order valence-electron chi connectivity index (χ3n) is 7.13. The van der Waals surface area contributed by atoms with Crippen molar-refractivity contribution >= 4 is 0 Å². The van der Waals surface area contributed by atoms with Gasteiger partial charge >= 0.3 is 0 Å². The van der Waals surface area contributed by atoms with E-state index >= 15 is 0 Å². The molecular weight excluding hydrogens is 444 g/mol. The number of aliphatic hydroxyl groups is 6. The first-order valence-corrected chi connectivity index (χ1v) is 12.0. The van der Waals surface area contributed by atoms with Gasteiger partial charge in [0.25, 0.3) is 0 Å². The third-order valence-corrected chi connectivity index (χ3v) is 7.13. The van der Waals surface area contributed by atoms with E-state index in [4.69, 9.17) is 5.11 Å². The molecule has 0 saturated carbocycles. The highest BCUT2D eigenvalue weighted by molar-refractivity contribution is 5.43. The smallest absolute Gasteiger partial charge is 0.113 e. The molecule has 6 heteroatoms. The number of benzene rings is 2. The van der Waals surface area contributed by atoms with Gasteiger partial charge in [0.15, 0.2) is 0 Å². The van der Waals surface area contributed by atoms with Crippen LogP contribution in [0.25, 0.3) is 0 Å². The molecule has 0 aliphatic rings. The molecule has 35 heavy (non-hydrogen) atoms. The largest absolute Gasteiger partial charge is 0.394 e. The summed E-state index contributed by atoms with van der Waals surface area (Å²) in [5, 5.41) is 60.8. The molecular formula is C29H40O6. The van der Waals surface area contributed by atoms with Crippen LogP contribution in [-0.4, -0.2) is 67.8 Å². The molecule has 0 bridgehead atoms. The minimum atomic E-state index is -1.87. The Balaban J connectivity index is 2.49. The van der Waals surface area contributed by atoms with Gasteiger partial charge in [-0.15, -0.1) is 5.73 Å². The highest BCUT2D eigenvalue weighted by Gasteiger charge is 2.35. The molecule has 0 aromatic heterocycles. The second kappa shape index (κ2) is 12.6. The molecule has 0 amide bonds. The number of hydrogen-bond acceptors (Lipinski definition) is 6. The van der Waals surface area contributed by atoms with Crippen LogP contribution in [0.3, 0.4) is 0 Å². The summed E-state index contributed by atoms with van der Waals surface area (Å²) >= 11 is 0. The van der Waals surface area contributed by atoms with E-state index in [9.17, 15) is 25.5 Å². The van der Waals surface area contributed by atoms with Crippen LogP contribution in [-0.2, 0) is 12.8 Å². The van der Waals surface area contributed by atoms with Gasteiger partial charge in [0.2, 0.25) is 0 Å². The molecule has 0 aliphatic carbocycles. The maximum absolute atomic E-state index is 11.0. The van der Waals surface area contributed by atoms with Gasteiger partial charge in [-0.1, -0.05) is 24.3 Å². The van der Waals surface area contributed by atoms with Crippen molar-refractivity contribution in [3.8, 4) is 0 Å². The second-order valence-corrected chi connectivity index (χ2v) is 9.53. The van der Waals surface area contributed by atoms with E-state index in [-0.39, 0.29) is 6.42 Å². The lowest BCUT2D eigenvalue weighted by Gasteiger charge is -2.29. The highest BCUT2D eigenvalue weighted by Crippen LogP contribution is 2.24. The molecule has 0 aliphatic heterocycles. The van der Waals surface area contributed by atoms with Gasteiger partial charge in [-0.25, -0.2) is 0 Å². The fourth-order valence-electron chi connectivity index (χ4n) is 4.25. The van der Waals surface area contributed by atoms with Crippen molar-refractivity contribution in [3.63, 3.8) is 0 Å². The Morgan fingerprint density at radius 1 is 0.714 bits per heavy atom. The quantitative estimate of drug-likeness (QED) is 0.288. The lowest BCUT2D eigenvalue weighted by molar-refractivity contribution is -0.134. The molecule has 0 radical (unpaired) electrons. The summed E-state index contributed by atoms with van der Waals surface area (Å²) in [5.74, 6) is 0. The number of hydrogen-bond donors (Lipinski definition) is 6. The highest BCUT2D eigenvalue weighted by atomic mass is 16.4. The predicted octanol–water partition coefficient (Wildman–Crippen LogP) is 2.20.